The average molecular weight is 399 g/mol. The molecule has 0 radical (unpaired) electrons. The quantitative estimate of drug-likeness (QED) is 0.548. The predicted octanol–water partition coefficient (Wildman–Crippen LogP) is 3.41. The van der Waals surface area contributed by atoms with E-state index in [0.717, 1.165) is 10.0 Å². The van der Waals surface area contributed by atoms with Crippen molar-refractivity contribution in [1.29, 1.82) is 0 Å². The van der Waals surface area contributed by atoms with Gasteiger partial charge in [-0.25, -0.2) is 0 Å². The Labute approximate surface area is 147 Å². The number of nitrogens with one attached hydrogen (secondary N) is 3. The summed E-state index contributed by atoms with van der Waals surface area (Å²) in [5, 5.41) is 3.68. The Balaban J connectivity index is 1.83. The molecule has 2 rings (SSSR count). The summed E-state index contributed by atoms with van der Waals surface area (Å²) in [7, 11) is 0. The molecule has 4 nitrogen and oxygen atoms in total. The van der Waals surface area contributed by atoms with E-state index in [-0.39, 0.29) is 5.91 Å². The van der Waals surface area contributed by atoms with E-state index in [2.05, 4.69) is 32.1 Å². The number of halogens is 2. The van der Waals surface area contributed by atoms with Gasteiger partial charge < -0.3 is 5.32 Å². The van der Waals surface area contributed by atoms with Crippen LogP contribution in [0.25, 0.3) is 0 Å². The molecule has 1 amide bonds. The molecule has 0 aliphatic heterocycles. The maximum Gasteiger partial charge on any atom is 0.271 e. The Hall–Kier alpha value is -1.63. The van der Waals surface area contributed by atoms with Gasteiger partial charge >= 0.3 is 0 Å². The van der Waals surface area contributed by atoms with Crippen LogP contribution < -0.4 is 16.2 Å². The summed E-state index contributed by atoms with van der Waals surface area (Å²) in [5.41, 5.74) is 6.60. The smallest absolute Gasteiger partial charge is 0.271 e. The molecule has 0 aliphatic carbocycles. The highest BCUT2D eigenvalue weighted by Crippen LogP contribution is 2.20. The van der Waals surface area contributed by atoms with Crippen LogP contribution in [0.3, 0.4) is 0 Å². The van der Waals surface area contributed by atoms with E-state index in [0.29, 0.717) is 22.2 Å². The Morgan fingerprint density at radius 2 is 1.86 bits per heavy atom. The third kappa shape index (κ3) is 4.98. The topological polar surface area (TPSA) is 53.2 Å². The molecule has 2 aromatic rings. The van der Waals surface area contributed by atoms with Gasteiger partial charge in [0.15, 0.2) is 5.11 Å². The number of amides is 1. The Morgan fingerprint density at radius 3 is 2.59 bits per heavy atom. The lowest BCUT2D eigenvalue weighted by atomic mass is 10.2. The maximum absolute atomic E-state index is 12.0. The van der Waals surface area contributed by atoms with E-state index in [1.54, 1.807) is 18.2 Å². The molecular formula is C15H13BrClN3OS. The molecule has 0 saturated carbocycles. The van der Waals surface area contributed by atoms with Crippen LogP contribution in [0.4, 0.5) is 0 Å². The van der Waals surface area contributed by atoms with Gasteiger partial charge in [-0.3, -0.25) is 15.6 Å². The van der Waals surface area contributed by atoms with Crippen molar-refractivity contribution in [1.82, 2.24) is 16.2 Å². The lowest BCUT2D eigenvalue weighted by Gasteiger charge is -2.12. The maximum atomic E-state index is 12.0. The number of benzene rings is 2. The van der Waals surface area contributed by atoms with Gasteiger partial charge in [0.2, 0.25) is 0 Å². The zero-order valence-corrected chi connectivity index (χ0v) is 14.6. The first-order valence-corrected chi connectivity index (χ1v) is 7.97. The third-order valence-corrected chi connectivity index (χ3v) is 3.83. The summed E-state index contributed by atoms with van der Waals surface area (Å²) in [6.45, 7) is 0.570. The minimum absolute atomic E-state index is 0.323. The summed E-state index contributed by atoms with van der Waals surface area (Å²) in [6.07, 6.45) is 0. The van der Waals surface area contributed by atoms with Crippen LogP contribution in [-0.2, 0) is 6.54 Å². The van der Waals surface area contributed by atoms with Gasteiger partial charge in [-0.05, 0) is 36.0 Å². The third-order valence-electron chi connectivity index (χ3n) is 2.76. The van der Waals surface area contributed by atoms with Crippen molar-refractivity contribution in [2.75, 3.05) is 0 Å². The first-order chi connectivity index (χ1) is 10.6. The number of carbonyl (C=O) groups is 1. The first kappa shape index (κ1) is 16.7. The van der Waals surface area contributed by atoms with Crippen molar-refractivity contribution in [3.05, 3.63) is 69.2 Å². The van der Waals surface area contributed by atoms with Crippen LogP contribution in [-0.4, -0.2) is 11.0 Å². The van der Waals surface area contributed by atoms with Crippen LogP contribution in [0.1, 0.15) is 15.9 Å². The molecule has 0 aromatic heterocycles. The molecule has 0 spiro atoms. The fraction of sp³-hybridized carbons (Fsp3) is 0.0667. The number of carbonyl (C=O) groups excluding carboxylic acids is 1. The molecule has 7 heteroatoms. The molecule has 2 aromatic carbocycles. The molecule has 0 heterocycles. The number of hydrogen-bond donors (Lipinski definition) is 3. The van der Waals surface area contributed by atoms with E-state index in [1.807, 2.05) is 30.3 Å². The zero-order valence-electron chi connectivity index (χ0n) is 11.4. The van der Waals surface area contributed by atoms with Crippen molar-refractivity contribution < 1.29 is 4.79 Å². The standard InChI is InChI=1S/C15H13BrClN3OS/c16-11-6-7-13(17)12(8-11)14(21)19-20-15(22)18-9-10-4-2-1-3-5-10/h1-8H,9H2,(H,19,21)(H2,18,20,22). The van der Waals surface area contributed by atoms with Crippen molar-refractivity contribution in [3.63, 3.8) is 0 Å². The first-order valence-electron chi connectivity index (χ1n) is 6.39. The van der Waals surface area contributed by atoms with E-state index in [9.17, 15) is 4.79 Å². The van der Waals surface area contributed by atoms with Crippen molar-refractivity contribution in [2.45, 2.75) is 6.54 Å². The molecule has 22 heavy (non-hydrogen) atoms. The molecule has 0 bridgehead atoms. The minimum Gasteiger partial charge on any atom is -0.357 e. The second-order valence-corrected chi connectivity index (χ2v) is 6.10. The number of hydrazine groups is 1. The Kier molecular flexibility index (Phi) is 6.18. The fourth-order valence-electron chi connectivity index (χ4n) is 1.67. The van der Waals surface area contributed by atoms with E-state index >= 15 is 0 Å². The van der Waals surface area contributed by atoms with Crippen molar-refractivity contribution in [3.8, 4) is 0 Å². The van der Waals surface area contributed by atoms with Crippen LogP contribution in [0.2, 0.25) is 5.02 Å². The summed E-state index contributed by atoms with van der Waals surface area (Å²) in [4.78, 5) is 12.0. The minimum atomic E-state index is -0.366. The Bertz CT molecular complexity index is 682. The predicted molar refractivity (Wildman–Crippen MR) is 95.6 cm³/mol. The Morgan fingerprint density at radius 1 is 1.14 bits per heavy atom. The molecule has 0 aliphatic rings. The fourth-order valence-corrected chi connectivity index (χ4v) is 2.36. The van der Waals surface area contributed by atoms with Gasteiger partial charge in [0, 0.05) is 11.0 Å². The highest BCUT2D eigenvalue weighted by Gasteiger charge is 2.10. The average Bonchev–Trinajstić information content (AvgIpc) is 2.54. The SMILES string of the molecule is O=C(NNC(=S)NCc1ccccc1)c1cc(Br)ccc1Cl. The molecule has 0 saturated heterocycles. The molecule has 0 unspecified atom stereocenters. The number of hydrogen-bond acceptors (Lipinski definition) is 2. The van der Waals surface area contributed by atoms with Gasteiger partial charge in [0.25, 0.3) is 5.91 Å². The summed E-state index contributed by atoms with van der Waals surface area (Å²) >= 11 is 14.4. The molecule has 114 valence electrons. The van der Waals surface area contributed by atoms with Gasteiger partial charge in [-0.1, -0.05) is 57.9 Å². The molecule has 3 N–H and O–H groups in total. The second-order valence-electron chi connectivity index (χ2n) is 4.37. The lowest BCUT2D eigenvalue weighted by Crippen LogP contribution is -2.46. The van der Waals surface area contributed by atoms with E-state index in [1.165, 1.54) is 0 Å². The van der Waals surface area contributed by atoms with Crippen molar-refractivity contribution in [2.24, 2.45) is 0 Å². The zero-order chi connectivity index (χ0) is 15.9. The lowest BCUT2D eigenvalue weighted by molar-refractivity contribution is 0.0944. The monoisotopic (exact) mass is 397 g/mol. The molecular weight excluding hydrogens is 386 g/mol. The highest BCUT2D eigenvalue weighted by atomic mass is 79.9. The van der Waals surface area contributed by atoms with E-state index < -0.39 is 0 Å². The largest absolute Gasteiger partial charge is 0.357 e. The van der Waals surface area contributed by atoms with Gasteiger partial charge in [0.1, 0.15) is 0 Å². The number of rotatable bonds is 3. The summed E-state index contributed by atoms with van der Waals surface area (Å²) < 4.78 is 0.770. The normalized spacial score (nSPS) is 9.91. The molecule has 0 atom stereocenters. The van der Waals surface area contributed by atoms with Crippen LogP contribution in [0.15, 0.2) is 53.0 Å². The van der Waals surface area contributed by atoms with Crippen molar-refractivity contribution >= 4 is 50.8 Å². The van der Waals surface area contributed by atoms with Gasteiger partial charge in [-0.2, -0.15) is 0 Å². The second kappa shape index (κ2) is 8.12. The number of thiocarbonyl (C=S) groups is 1. The van der Waals surface area contributed by atoms with Gasteiger partial charge in [0.05, 0.1) is 10.6 Å². The van der Waals surface area contributed by atoms with Crippen LogP contribution in [0.5, 0.6) is 0 Å². The van der Waals surface area contributed by atoms with Crippen LogP contribution in [0, 0.1) is 0 Å². The highest BCUT2D eigenvalue weighted by molar-refractivity contribution is 9.10. The molecule has 0 fully saturated rings. The summed E-state index contributed by atoms with van der Waals surface area (Å²) in [6, 6.07) is 14.9. The summed E-state index contributed by atoms with van der Waals surface area (Å²) in [5.74, 6) is -0.366. The van der Waals surface area contributed by atoms with Gasteiger partial charge in [-0.15, -0.1) is 0 Å². The van der Waals surface area contributed by atoms with Crippen LogP contribution >= 0.6 is 39.7 Å². The van der Waals surface area contributed by atoms with E-state index in [4.69, 9.17) is 23.8 Å².